The molecule has 1 atom stereocenters. The number of carboxylic acids is 1. The first kappa shape index (κ1) is 13.8. The van der Waals surface area contributed by atoms with Gasteiger partial charge in [0.2, 0.25) is 0 Å². The van der Waals surface area contributed by atoms with E-state index in [0.29, 0.717) is 6.04 Å². The maximum absolute atomic E-state index is 10.9. The zero-order chi connectivity index (χ0) is 13.2. The summed E-state index contributed by atoms with van der Waals surface area (Å²) in [5, 5.41) is 8.94. The molecule has 2 aliphatic heterocycles. The lowest BCUT2D eigenvalue weighted by Gasteiger charge is -2.45. The summed E-state index contributed by atoms with van der Waals surface area (Å²) in [6.07, 6.45) is 4.28. The fraction of sp³-hybridized carbons (Fsp3) is 0.929. The van der Waals surface area contributed by atoms with Gasteiger partial charge in [0.25, 0.3) is 0 Å². The van der Waals surface area contributed by atoms with Crippen LogP contribution in [0.5, 0.6) is 0 Å². The topological polar surface area (TPSA) is 43.8 Å². The number of carbonyl (C=O) groups is 1. The molecule has 2 heterocycles. The first-order valence-electron chi connectivity index (χ1n) is 7.14. The van der Waals surface area contributed by atoms with E-state index in [0.717, 1.165) is 26.2 Å². The van der Waals surface area contributed by atoms with E-state index < -0.39 is 5.97 Å². The van der Waals surface area contributed by atoms with Crippen molar-refractivity contribution < 1.29 is 9.90 Å². The Morgan fingerprint density at radius 1 is 1.28 bits per heavy atom. The van der Waals surface area contributed by atoms with E-state index in [1.165, 1.54) is 25.8 Å². The minimum absolute atomic E-state index is 0.122. The van der Waals surface area contributed by atoms with Gasteiger partial charge >= 0.3 is 5.97 Å². The molecule has 0 aromatic carbocycles. The standard InChI is InChI=1S/C14H26N2O2/c1-14(2,9-13(17)18)11-15-7-8-16-6-4-3-5-12(16)10-15/h12H,3-11H2,1-2H3,(H,17,18). The molecule has 0 amide bonds. The molecule has 2 fully saturated rings. The van der Waals surface area contributed by atoms with Gasteiger partial charge < -0.3 is 5.11 Å². The zero-order valence-corrected chi connectivity index (χ0v) is 11.7. The summed E-state index contributed by atoms with van der Waals surface area (Å²) in [4.78, 5) is 15.9. The minimum Gasteiger partial charge on any atom is -0.481 e. The van der Waals surface area contributed by atoms with Crippen LogP contribution in [-0.4, -0.2) is 59.6 Å². The third kappa shape index (κ3) is 3.69. The molecule has 2 aliphatic rings. The highest BCUT2D eigenvalue weighted by Gasteiger charge is 2.32. The second kappa shape index (κ2) is 5.57. The summed E-state index contributed by atoms with van der Waals surface area (Å²) in [6, 6.07) is 0.716. The van der Waals surface area contributed by atoms with Crippen LogP contribution in [0.4, 0.5) is 0 Å². The second-order valence-electron chi connectivity index (χ2n) is 6.66. The molecule has 4 heteroatoms. The lowest BCUT2D eigenvalue weighted by Crippen LogP contribution is -2.56. The summed E-state index contributed by atoms with van der Waals surface area (Å²) in [6.45, 7) is 9.68. The Kier molecular flexibility index (Phi) is 4.28. The smallest absolute Gasteiger partial charge is 0.303 e. The van der Waals surface area contributed by atoms with Gasteiger partial charge in [0.1, 0.15) is 0 Å². The molecule has 0 saturated carbocycles. The van der Waals surface area contributed by atoms with E-state index in [1.807, 2.05) is 0 Å². The zero-order valence-electron chi connectivity index (χ0n) is 11.7. The van der Waals surface area contributed by atoms with Gasteiger partial charge in [-0.2, -0.15) is 0 Å². The van der Waals surface area contributed by atoms with Crippen molar-refractivity contribution in [1.29, 1.82) is 0 Å². The van der Waals surface area contributed by atoms with Gasteiger partial charge in [-0.1, -0.05) is 20.3 Å². The summed E-state index contributed by atoms with van der Waals surface area (Å²) in [5.74, 6) is -0.684. The van der Waals surface area contributed by atoms with Crippen LogP contribution in [0.3, 0.4) is 0 Å². The highest BCUT2D eigenvalue weighted by Crippen LogP contribution is 2.26. The molecule has 2 rings (SSSR count). The lowest BCUT2D eigenvalue weighted by atomic mass is 9.88. The van der Waals surface area contributed by atoms with Gasteiger partial charge in [-0.15, -0.1) is 0 Å². The molecular formula is C14H26N2O2. The Bertz CT molecular complexity index is 304. The van der Waals surface area contributed by atoms with Crippen molar-refractivity contribution in [3.05, 3.63) is 0 Å². The molecule has 0 radical (unpaired) electrons. The van der Waals surface area contributed by atoms with E-state index in [4.69, 9.17) is 5.11 Å². The molecule has 1 unspecified atom stereocenters. The van der Waals surface area contributed by atoms with Crippen LogP contribution in [0.25, 0.3) is 0 Å². The molecule has 104 valence electrons. The average molecular weight is 254 g/mol. The fourth-order valence-corrected chi connectivity index (χ4v) is 3.43. The van der Waals surface area contributed by atoms with E-state index in [9.17, 15) is 4.79 Å². The van der Waals surface area contributed by atoms with Crippen LogP contribution < -0.4 is 0 Å². The summed E-state index contributed by atoms with van der Waals surface area (Å²) in [5.41, 5.74) is -0.122. The highest BCUT2D eigenvalue weighted by atomic mass is 16.4. The molecule has 4 nitrogen and oxygen atoms in total. The summed E-state index contributed by atoms with van der Waals surface area (Å²) in [7, 11) is 0. The monoisotopic (exact) mass is 254 g/mol. The minimum atomic E-state index is -0.684. The number of hydrogen-bond donors (Lipinski definition) is 1. The number of aliphatic carboxylic acids is 1. The maximum Gasteiger partial charge on any atom is 0.303 e. The van der Waals surface area contributed by atoms with E-state index in [2.05, 4.69) is 23.6 Å². The van der Waals surface area contributed by atoms with Gasteiger partial charge in [0.15, 0.2) is 0 Å². The fourth-order valence-electron chi connectivity index (χ4n) is 3.43. The summed E-state index contributed by atoms with van der Waals surface area (Å²) < 4.78 is 0. The molecule has 1 N–H and O–H groups in total. The molecule has 0 bridgehead atoms. The van der Waals surface area contributed by atoms with Crippen LogP contribution in [0, 0.1) is 5.41 Å². The number of carboxylic acid groups (broad SMARTS) is 1. The number of rotatable bonds is 4. The normalized spacial score (nSPS) is 26.9. The van der Waals surface area contributed by atoms with E-state index in [1.54, 1.807) is 0 Å². The van der Waals surface area contributed by atoms with E-state index in [-0.39, 0.29) is 11.8 Å². The van der Waals surface area contributed by atoms with Crippen molar-refractivity contribution in [1.82, 2.24) is 9.80 Å². The Morgan fingerprint density at radius 3 is 2.78 bits per heavy atom. The molecule has 0 aromatic heterocycles. The molecule has 0 spiro atoms. The van der Waals surface area contributed by atoms with Crippen molar-refractivity contribution in [3.8, 4) is 0 Å². The average Bonchev–Trinajstić information content (AvgIpc) is 2.26. The van der Waals surface area contributed by atoms with Gasteiger partial charge in [-0.25, -0.2) is 0 Å². The molecule has 2 saturated heterocycles. The third-order valence-corrected chi connectivity index (χ3v) is 4.20. The molecular weight excluding hydrogens is 228 g/mol. The quantitative estimate of drug-likeness (QED) is 0.828. The molecule has 0 aliphatic carbocycles. The highest BCUT2D eigenvalue weighted by molar-refractivity contribution is 5.67. The number of nitrogens with zero attached hydrogens (tertiary/aromatic N) is 2. The molecule has 18 heavy (non-hydrogen) atoms. The predicted molar refractivity (Wildman–Crippen MR) is 71.7 cm³/mol. The Balaban J connectivity index is 1.85. The van der Waals surface area contributed by atoms with Crippen LogP contribution in [0.1, 0.15) is 39.5 Å². The van der Waals surface area contributed by atoms with Gasteiger partial charge in [0, 0.05) is 32.2 Å². The SMILES string of the molecule is CC(C)(CC(=O)O)CN1CCN2CCCCC2C1. The van der Waals surface area contributed by atoms with Crippen molar-refractivity contribution in [2.45, 2.75) is 45.6 Å². The van der Waals surface area contributed by atoms with Gasteiger partial charge in [-0.3, -0.25) is 14.6 Å². The number of fused-ring (bicyclic) bond motifs is 1. The predicted octanol–water partition coefficient (Wildman–Crippen LogP) is 1.66. The second-order valence-corrected chi connectivity index (χ2v) is 6.66. The molecule has 0 aromatic rings. The van der Waals surface area contributed by atoms with Crippen LogP contribution in [-0.2, 0) is 4.79 Å². The third-order valence-electron chi connectivity index (χ3n) is 4.20. The van der Waals surface area contributed by atoms with Gasteiger partial charge in [0.05, 0.1) is 6.42 Å². The number of piperazine rings is 1. The van der Waals surface area contributed by atoms with Crippen molar-refractivity contribution in [2.24, 2.45) is 5.41 Å². The van der Waals surface area contributed by atoms with Crippen LogP contribution in [0.2, 0.25) is 0 Å². The first-order chi connectivity index (χ1) is 8.46. The lowest BCUT2D eigenvalue weighted by molar-refractivity contribution is -0.139. The van der Waals surface area contributed by atoms with Crippen molar-refractivity contribution in [2.75, 3.05) is 32.7 Å². The number of hydrogen-bond acceptors (Lipinski definition) is 3. The summed E-state index contributed by atoms with van der Waals surface area (Å²) >= 11 is 0. The van der Waals surface area contributed by atoms with Crippen LogP contribution >= 0.6 is 0 Å². The number of piperidine rings is 1. The Labute approximate surface area is 110 Å². The van der Waals surface area contributed by atoms with E-state index >= 15 is 0 Å². The first-order valence-corrected chi connectivity index (χ1v) is 7.14. The van der Waals surface area contributed by atoms with Crippen LogP contribution in [0.15, 0.2) is 0 Å². The largest absolute Gasteiger partial charge is 0.481 e. The van der Waals surface area contributed by atoms with Gasteiger partial charge in [-0.05, 0) is 24.8 Å². The maximum atomic E-state index is 10.9. The van der Waals surface area contributed by atoms with Crippen molar-refractivity contribution in [3.63, 3.8) is 0 Å². The Morgan fingerprint density at radius 2 is 2.06 bits per heavy atom. The van der Waals surface area contributed by atoms with Crippen molar-refractivity contribution >= 4 is 5.97 Å². The Hall–Kier alpha value is -0.610.